The Morgan fingerprint density at radius 2 is 1.94 bits per heavy atom. The largest absolute Gasteiger partial charge is 0.376 e. The molecular formula is C15H23NO. The molecular weight excluding hydrogens is 210 g/mol. The molecule has 1 aromatic carbocycles. The molecule has 0 aromatic heterocycles. The van der Waals surface area contributed by atoms with Crippen LogP contribution in [0.2, 0.25) is 0 Å². The SMILES string of the molecule is CC(C)COC1CC(C)c2ccccc2C1N. The molecule has 3 unspecified atom stereocenters. The highest BCUT2D eigenvalue weighted by molar-refractivity contribution is 5.35. The summed E-state index contributed by atoms with van der Waals surface area (Å²) >= 11 is 0. The smallest absolute Gasteiger partial charge is 0.0773 e. The summed E-state index contributed by atoms with van der Waals surface area (Å²) in [5, 5.41) is 0. The van der Waals surface area contributed by atoms with Crippen LogP contribution < -0.4 is 5.73 Å². The average molecular weight is 233 g/mol. The molecule has 0 radical (unpaired) electrons. The summed E-state index contributed by atoms with van der Waals surface area (Å²) < 4.78 is 5.96. The Bertz CT molecular complexity index is 375. The minimum Gasteiger partial charge on any atom is -0.376 e. The van der Waals surface area contributed by atoms with Crippen molar-refractivity contribution in [2.45, 2.75) is 45.3 Å². The van der Waals surface area contributed by atoms with Gasteiger partial charge in [0.1, 0.15) is 0 Å². The molecule has 0 bridgehead atoms. The van der Waals surface area contributed by atoms with Gasteiger partial charge < -0.3 is 10.5 Å². The highest BCUT2D eigenvalue weighted by Crippen LogP contribution is 2.37. The fourth-order valence-electron chi connectivity index (χ4n) is 2.57. The van der Waals surface area contributed by atoms with E-state index in [2.05, 4.69) is 45.0 Å². The van der Waals surface area contributed by atoms with E-state index in [1.54, 1.807) is 0 Å². The lowest BCUT2D eigenvalue weighted by molar-refractivity contribution is 0.00606. The van der Waals surface area contributed by atoms with E-state index >= 15 is 0 Å². The summed E-state index contributed by atoms with van der Waals surface area (Å²) in [6, 6.07) is 8.52. The van der Waals surface area contributed by atoms with E-state index in [4.69, 9.17) is 10.5 Å². The van der Waals surface area contributed by atoms with E-state index in [0.717, 1.165) is 13.0 Å². The summed E-state index contributed by atoms with van der Waals surface area (Å²) in [6.45, 7) is 7.40. The molecule has 1 aromatic rings. The predicted octanol–water partition coefficient (Wildman–Crippen LogP) is 3.23. The Hall–Kier alpha value is -0.860. The van der Waals surface area contributed by atoms with Crippen molar-refractivity contribution in [1.82, 2.24) is 0 Å². The average Bonchev–Trinajstić information content (AvgIpc) is 2.32. The number of fused-ring (bicyclic) bond motifs is 1. The van der Waals surface area contributed by atoms with E-state index in [9.17, 15) is 0 Å². The molecule has 94 valence electrons. The normalized spacial score (nSPS) is 28.2. The van der Waals surface area contributed by atoms with Crippen molar-refractivity contribution < 1.29 is 4.74 Å². The third-order valence-corrected chi connectivity index (χ3v) is 3.52. The molecule has 2 N–H and O–H groups in total. The summed E-state index contributed by atoms with van der Waals surface area (Å²) in [6.07, 6.45) is 1.20. The minimum atomic E-state index is 0.0288. The highest BCUT2D eigenvalue weighted by atomic mass is 16.5. The molecule has 17 heavy (non-hydrogen) atoms. The zero-order chi connectivity index (χ0) is 12.4. The monoisotopic (exact) mass is 233 g/mol. The number of ether oxygens (including phenoxy) is 1. The van der Waals surface area contributed by atoms with Gasteiger partial charge in [0, 0.05) is 6.61 Å². The summed E-state index contributed by atoms with van der Waals surface area (Å²) in [4.78, 5) is 0. The zero-order valence-corrected chi connectivity index (χ0v) is 11.0. The topological polar surface area (TPSA) is 35.2 Å². The molecule has 0 saturated heterocycles. The first kappa shape index (κ1) is 12.6. The van der Waals surface area contributed by atoms with E-state index in [-0.39, 0.29) is 12.1 Å². The van der Waals surface area contributed by atoms with Gasteiger partial charge in [0.15, 0.2) is 0 Å². The third kappa shape index (κ3) is 2.70. The standard InChI is InChI=1S/C15H23NO/c1-10(2)9-17-14-8-11(3)12-6-4-5-7-13(12)15(14)16/h4-7,10-11,14-15H,8-9,16H2,1-3H3. The molecule has 0 aliphatic heterocycles. The van der Waals surface area contributed by atoms with Gasteiger partial charge >= 0.3 is 0 Å². The fourth-order valence-corrected chi connectivity index (χ4v) is 2.57. The number of hydrogen-bond donors (Lipinski definition) is 1. The Morgan fingerprint density at radius 1 is 1.29 bits per heavy atom. The van der Waals surface area contributed by atoms with Crippen molar-refractivity contribution in [3.05, 3.63) is 35.4 Å². The van der Waals surface area contributed by atoms with Crippen LogP contribution in [-0.4, -0.2) is 12.7 Å². The quantitative estimate of drug-likeness (QED) is 0.870. The fraction of sp³-hybridized carbons (Fsp3) is 0.600. The van der Waals surface area contributed by atoms with Crippen molar-refractivity contribution in [3.8, 4) is 0 Å². The molecule has 2 rings (SSSR count). The third-order valence-electron chi connectivity index (χ3n) is 3.52. The van der Waals surface area contributed by atoms with E-state index in [1.807, 2.05) is 0 Å². The number of rotatable bonds is 3. The maximum absolute atomic E-state index is 6.31. The Kier molecular flexibility index (Phi) is 3.85. The minimum absolute atomic E-state index is 0.0288. The van der Waals surface area contributed by atoms with Crippen molar-refractivity contribution in [3.63, 3.8) is 0 Å². The number of benzene rings is 1. The van der Waals surface area contributed by atoms with Crippen LogP contribution in [0.25, 0.3) is 0 Å². The van der Waals surface area contributed by atoms with Gasteiger partial charge in [-0.2, -0.15) is 0 Å². The second-order valence-electron chi connectivity index (χ2n) is 5.56. The zero-order valence-electron chi connectivity index (χ0n) is 11.0. The van der Waals surface area contributed by atoms with Crippen LogP contribution in [0.5, 0.6) is 0 Å². The number of nitrogens with two attached hydrogens (primary N) is 1. The van der Waals surface area contributed by atoms with Crippen LogP contribution in [0.1, 0.15) is 50.3 Å². The predicted molar refractivity (Wildman–Crippen MR) is 71.0 cm³/mol. The van der Waals surface area contributed by atoms with Gasteiger partial charge in [-0.3, -0.25) is 0 Å². The number of hydrogen-bond acceptors (Lipinski definition) is 2. The summed E-state index contributed by atoms with van der Waals surface area (Å²) in [5.74, 6) is 1.11. The van der Waals surface area contributed by atoms with Crippen LogP contribution in [0.3, 0.4) is 0 Å². The van der Waals surface area contributed by atoms with Gasteiger partial charge in [-0.05, 0) is 29.4 Å². The lowest BCUT2D eigenvalue weighted by atomic mass is 9.79. The molecule has 3 atom stereocenters. The van der Waals surface area contributed by atoms with Crippen LogP contribution in [-0.2, 0) is 4.74 Å². The van der Waals surface area contributed by atoms with Gasteiger partial charge in [0.25, 0.3) is 0 Å². The molecule has 0 heterocycles. The van der Waals surface area contributed by atoms with Crippen molar-refractivity contribution >= 4 is 0 Å². The van der Waals surface area contributed by atoms with Crippen molar-refractivity contribution in [1.29, 1.82) is 0 Å². The molecule has 0 saturated carbocycles. The summed E-state index contributed by atoms with van der Waals surface area (Å²) in [7, 11) is 0. The maximum Gasteiger partial charge on any atom is 0.0773 e. The van der Waals surface area contributed by atoms with Crippen LogP contribution >= 0.6 is 0 Å². The van der Waals surface area contributed by atoms with Crippen LogP contribution in [0, 0.1) is 5.92 Å². The molecule has 0 amide bonds. The van der Waals surface area contributed by atoms with Gasteiger partial charge in [-0.1, -0.05) is 45.0 Å². The van der Waals surface area contributed by atoms with Crippen molar-refractivity contribution in [2.24, 2.45) is 11.7 Å². The first-order valence-corrected chi connectivity index (χ1v) is 6.55. The van der Waals surface area contributed by atoms with E-state index in [1.165, 1.54) is 11.1 Å². The summed E-state index contributed by atoms with van der Waals surface area (Å²) in [5.41, 5.74) is 8.97. The lowest BCUT2D eigenvalue weighted by Crippen LogP contribution is -2.35. The maximum atomic E-state index is 6.31. The molecule has 2 heteroatoms. The Labute approximate surface area is 104 Å². The molecule has 1 aliphatic carbocycles. The Morgan fingerprint density at radius 3 is 2.59 bits per heavy atom. The van der Waals surface area contributed by atoms with Gasteiger partial charge in [-0.25, -0.2) is 0 Å². The van der Waals surface area contributed by atoms with E-state index in [0.29, 0.717) is 11.8 Å². The second kappa shape index (κ2) is 5.19. The lowest BCUT2D eigenvalue weighted by Gasteiger charge is -2.35. The first-order valence-electron chi connectivity index (χ1n) is 6.55. The molecule has 0 fully saturated rings. The second-order valence-corrected chi connectivity index (χ2v) is 5.56. The molecule has 0 spiro atoms. The highest BCUT2D eigenvalue weighted by Gasteiger charge is 2.31. The van der Waals surface area contributed by atoms with Crippen molar-refractivity contribution in [2.75, 3.05) is 6.61 Å². The van der Waals surface area contributed by atoms with Crippen LogP contribution in [0.4, 0.5) is 0 Å². The molecule has 2 nitrogen and oxygen atoms in total. The Balaban J connectivity index is 2.15. The van der Waals surface area contributed by atoms with Gasteiger partial charge in [0.05, 0.1) is 12.1 Å². The first-order chi connectivity index (χ1) is 8.09. The van der Waals surface area contributed by atoms with Gasteiger partial charge in [0.2, 0.25) is 0 Å². The van der Waals surface area contributed by atoms with Gasteiger partial charge in [-0.15, -0.1) is 0 Å². The van der Waals surface area contributed by atoms with E-state index < -0.39 is 0 Å². The molecule has 1 aliphatic rings. The van der Waals surface area contributed by atoms with Crippen LogP contribution in [0.15, 0.2) is 24.3 Å².